The van der Waals surface area contributed by atoms with Gasteiger partial charge in [0, 0.05) is 18.3 Å². The second-order valence-corrected chi connectivity index (χ2v) is 8.07. The smallest absolute Gasteiger partial charge is 0.326 e. The van der Waals surface area contributed by atoms with Crippen molar-refractivity contribution in [1.82, 2.24) is 25.9 Å². The van der Waals surface area contributed by atoms with Crippen molar-refractivity contribution in [3.63, 3.8) is 0 Å². The number of aliphatic hydroxyl groups is 1. The molecule has 180 valence electrons. The third-order valence-electron chi connectivity index (χ3n) is 5.17. The van der Waals surface area contributed by atoms with E-state index >= 15 is 0 Å². The lowest BCUT2D eigenvalue weighted by Gasteiger charge is -2.28. The van der Waals surface area contributed by atoms with Gasteiger partial charge in [0.15, 0.2) is 0 Å². The van der Waals surface area contributed by atoms with Gasteiger partial charge < -0.3 is 36.9 Å². The summed E-state index contributed by atoms with van der Waals surface area (Å²) < 4.78 is 0. The maximum Gasteiger partial charge on any atom is 0.326 e. The van der Waals surface area contributed by atoms with Crippen molar-refractivity contribution in [2.45, 2.75) is 64.7 Å². The van der Waals surface area contributed by atoms with Crippen LogP contribution in [0.2, 0.25) is 0 Å². The molecule has 0 fully saturated rings. The molecule has 1 aromatic rings. The number of nitrogens with one attached hydrogen (secondary N) is 4. The Balaban J connectivity index is 3.01. The maximum atomic E-state index is 13.0. The summed E-state index contributed by atoms with van der Waals surface area (Å²) in [6.07, 6.45) is 3.47. The first-order chi connectivity index (χ1) is 15.0. The molecule has 0 spiro atoms. The molecule has 1 rings (SSSR count). The minimum atomic E-state index is -1.22. The maximum absolute atomic E-state index is 13.0. The van der Waals surface area contributed by atoms with E-state index in [9.17, 15) is 24.3 Å². The lowest BCUT2D eigenvalue weighted by molar-refractivity contribution is -0.144. The first-order valence-electron chi connectivity index (χ1n) is 10.5. The Morgan fingerprint density at radius 1 is 1.06 bits per heavy atom. The highest BCUT2D eigenvalue weighted by atomic mass is 16.4. The quantitative estimate of drug-likeness (QED) is 0.187. The number of carbonyl (C=O) groups excluding carboxylic acids is 3. The van der Waals surface area contributed by atoms with Crippen LogP contribution in [0.4, 0.5) is 0 Å². The van der Waals surface area contributed by atoms with Crippen molar-refractivity contribution in [3.05, 3.63) is 18.2 Å². The number of carboxylic acids is 1. The standard InChI is InChI=1S/C20H34N6O6/c1-5-11(4)16(20(31)32)26-19(30)15(10(2)3)25-18(29)14(6-12-7-22-9-23-12)24-17(28)13(21)8-27/h7,9-11,13-16,27H,5-6,8,21H2,1-4H3,(H,22,23)(H,24,28)(H,25,29)(H,26,30)(H,31,32). The van der Waals surface area contributed by atoms with E-state index in [1.54, 1.807) is 20.8 Å². The Bertz CT molecular complexity index is 769. The zero-order valence-electron chi connectivity index (χ0n) is 18.8. The number of hydrogen-bond donors (Lipinski definition) is 7. The van der Waals surface area contributed by atoms with E-state index in [0.29, 0.717) is 12.1 Å². The Hall–Kier alpha value is -2.99. The average molecular weight is 455 g/mol. The number of aliphatic hydroxyl groups excluding tert-OH is 1. The second-order valence-electron chi connectivity index (χ2n) is 8.07. The Kier molecular flexibility index (Phi) is 10.8. The number of amides is 3. The summed E-state index contributed by atoms with van der Waals surface area (Å²) >= 11 is 0. The fourth-order valence-corrected chi connectivity index (χ4v) is 2.90. The molecule has 1 aromatic heterocycles. The number of carboxylic acid groups (broad SMARTS) is 1. The summed E-state index contributed by atoms with van der Waals surface area (Å²) in [5, 5.41) is 26.1. The van der Waals surface area contributed by atoms with Crippen molar-refractivity contribution in [1.29, 1.82) is 0 Å². The van der Waals surface area contributed by atoms with Crippen LogP contribution in [-0.2, 0) is 25.6 Å². The summed E-state index contributed by atoms with van der Waals surface area (Å²) in [7, 11) is 0. The third kappa shape index (κ3) is 7.93. The molecule has 12 nitrogen and oxygen atoms in total. The molecule has 0 saturated carbocycles. The van der Waals surface area contributed by atoms with Crippen LogP contribution in [0.15, 0.2) is 12.5 Å². The Morgan fingerprint density at radius 2 is 1.69 bits per heavy atom. The number of aromatic nitrogens is 2. The van der Waals surface area contributed by atoms with Gasteiger partial charge in [0.1, 0.15) is 24.2 Å². The predicted molar refractivity (Wildman–Crippen MR) is 115 cm³/mol. The molecule has 0 aromatic carbocycles. The van der Waals surface area contributed by atoms with Crippen molar-refractivity contribution >= 4 is 23.7 Å². The van der Waals surface area contributed by atoms with Crippen LogP contribution in [0.3, 0.4) is 0 Å². The van der Waals surface area contributed by atoms with Gasteiger partial charge in [-0.25, -0.2) is 9.78 Å². The number of rotatable bonds is 13. The lowest BCUT2D eigenvalue weighted by Crippen LogP contribution is -2.59. The molecule has 5 unspecified atom stereocenters. The van der Waals surface area contributed by atoms with E-state index in [-0.39, 0.29) is 18.3 Å². The molecular formula is C20H34N6O6. The molecule has 0 saturated heterocycles. The van der Waals surface area contributed by atoms with Crippen molar-refractivity contribution in [3.8, 4) is 0 Å². The molecule has 8 N–H and O–H groups in total. The Morgan fingerprint density at radius 3 is 2.16 bits per heavy atom. The van der Waals surface area contributed by atoms with Crippen LogP contribution < -0.4 is 21.7 Å². The van der Waals surface area contributed by atoms with Gasteiger partial charge >= 0.3 is 5.97 Å². The monoisotopic (exact) mass is 454 g/mol. The Labute approximate surface area is 186 Å². The summed E-state index contributed by atoms with van der Waals surface area (Å²) in [6, 6.07) is -4.47. The number of carbonyl (C=O) groups is 4. The average Bonchev–Trinajstić information content (AvgIpc) is 3.26. The van der Waals surface area contributed by atoms with Gasteiger partial charge in [-0.3, -0.25) is 14.4 Å². The first kappa shape index (κ1) is 27.0. The zero-order valence-corrected chi connectivity index (χ0v) is 18.8. The fraction of sp³-hybridized carbons (Fsp3) is 0.650. The molecule has 0 aliphatic carbocycles. The van der Waals surface area contributed by atoms with Gasteiger partial charge in [-0.2, -0.15) is 0 Å². The van der Waals surface area contributed by atoms with Gasteiger partial charge in [-0.1, -0.05) is 34.1 Å². The largest absolute Gasteiger partial charge is 0.480 e. The topological polar surface area (TPSA) is 200 Å². The number of nitrogens with zero attached hydrogens (tertiary/aromatic N) is 1. The number of aromatic amines is 1. The van der Waals surface area contributed by atoms with E-state index in [1.165, 1.54) is 12.5 Å². The summed E-state index contributed by atoms with van der Waals surface area (Å²) in [5.74, 6) is -3.88. The first-order valence-corrected chi connectivity index (χ1v) is 10.5. The summed E-state index contributed by atoms with van der Waals surface area (Å²) in [4.78, 5) is 56.2. The number of imidazole rings is 1. The molecule has 5 atom stereocenters. The van der Waals surface area contributed by atoms with Crippen LogP contribution in [0.25, 0.3) is 0 Å². The van der Waals surface area contributed by atoms with E-state index in [2.05, 4.69) is 25.9 Å². The molecular weight excluding hydrogens is 420 g/mol. The normalized spacial score (nSPS) is 15.8. The number of aliphatic carboxylic acids is 1. The highest BCUT2D eigenvalue weighted by molar-refractivity contribution is 5.94. The number of hydrogen-bond acceptors (Lipinski definition) is 7. The summed E-state index contributed by atoms with van der Waals surface area (Å²) in [6.45, 7) is 6.32. The number of nitrogens with two attached hydrogens (primary N) is 1. The van der Waals surface area contributed by atoms with Crippen molar-refractivity contribution in [2.75, 3.05) is 6.61 Å². The molecule has 12 heteroatoms. The minimum absolute atomic E-state index is 0.0345. The van der Waals surface area contributed by atoms with Crippen LogP contribution in [-0.4, -0.2) is 74.6 Å². The lowest BCUT2D eigenvalue weighted by atomic mass is 9.97. The molecule has 1 heterocycles. The van der Waals surface area contributed by atoms with E-state index in [0.717, 1.165) is 0 Å². The van der Waals surface area contributed by atoms with Crippen LogP contribution in [0, 0.1) is 11.8 Å². The summed E-state index contributed by atoms with van der Waals surface area (Å²) in [5.41, 5.74) is 6.08. The van der Waals surface area contributed by atoms with Gasteiger partial charge in [0.2, 0.25) is 17.7 Å². The van der Waals surface area contributed by atoms with E-state index in [1.807, 2.05) is 6.92 Å². The molecule has 0 bridgehead atoms. The molecule has 0 aliphatic heterocycles. The fourth-order valence-electron chi connectivity index (χ4n) is 2.90. The van der Waals surface area contributed by atoms with Gasteiger partial charge in [-0.15, -0.1) is 0 Å². The second kappa shape index (κ2) is 12.8. The molecule has 3 amide bonds. The molecule has 32 heavy (non-hydrogen) atoms. The van der Waals surface area contributed by atoms with Gasteiger partial charge in [0.25, 0.3) is 0 Å². The minimum Gasteiger partial charge on any atom is -0.480 e. The highest BCUT2D eigenvalue weighted by Crippen LogP contribution is 2.11. The molecule has 0 aliphatic rings. The SMILES string of the molecule is CCC(C)C(NC(=O)C(NC(=O)C(Cc1cnc[nH]1)NC(=O)C(N)CO)C(C)C)C(=O)O. The number of H-pyrrole nitrogens is 1. The third-order valence-corrected chi connectivity index (χ3v) is 5.17. The molecule has 0 radical (unpaired) electrons. The van der Waals surface area contributed by atoms with Crippen molar-refractivity contribution in [2.24, 2.45) is 17.6 Å². The predicted octanol–water partition coefficient (Wildman–Crippen LogP) is -1.49. The van der Waals surface area contributed by atoms with Crippen molar-refractivity contribution < 1.29 is 29.4 Å². The van der Waals surface area contributed by atoms with Crippen LogP contribution in [0.1, 0.15) is 39.8 Å². The van der Waals surface area contributed by atoms with Gasteiger partial charge in [-0.05, 0) is 11.8 Å². The van der Waals surface area contributed by atoms with Crippen LogP contribution >= 0.6 is 0 Å². The van der Waals surface area contributed by atoms with Crippen LogP contribution in [0.5, 0.6) is 0 Å². The van der Waals surface area contributed by atoms with Gasteiger partial charge in [0.05, 0.1) is 12.9 Å². The van der Waals surface area contributed by atoms with E-state index in [4.69, 9.17) is 10.8 Å². The van der Waals surface area contributed by atoms with E-state index < -0.39 is 54.5 Å². The zero-order chi connectivity index (χ0) is 24.4. The highest BCUT2D eigenvalue weighted by Gasteiger charge is 2.33.